The highest BCUT2D eigenvalue weighted by Gasteiger charge is 2.29. The lowest BCUT2D eigenvalue weighted by molar-refractivity contribution is -0.132. The fraction of sp³-hybridized carbons (Fsp3) is 0.562. The molecule has 2 unspecified atom stereocenters. The van der Waals surface area contributed by atoms with Gasteiger partial charge in [-0.05, 0) is 49.8 Å². The molecule has 4 heteroatoms. The number of halogens is 1. The molecule has 0 saturated carbocycles. The van der Waals surface area contributed by atoms with Crippen molar-refractivity contribution in [2.24, 2.45) is 0 Å². The van der Waals surface area contributed by atoms with Crippen LogP contribution >= 0.6 is 0 Å². The summed E-state index contributed by atoms with van der Waals surface area (Å²) in [7, 11) is 0. The van der Waals surface area contributed by atoms with Crippen molar-refractivity contribution in [1.82, 2.24) is 10.2 Å². The topological polar surface area (TPSA) is 32.3 Å². The maximum absolute atomic E-state index is 13.7. The number of rotatable bonds is 3. The molecular weight excluding hydrogens is 255 g/mol. The van der Waals surface area contributed by atoms with Gasteiger partial charge in [0.1, 0.15) is 5.82 Å². The Kier molecular flexibility index (Phi) is 3.74. The van der Waals surface area contributed by atoms with Crippen LogP contribution in [0.25, 0.3) is 0 Å². The molecule has 2 aliphatic rings. The average molecular weight is 276 g/mol. The largest absolute Gasteiger partial charge is 0.341 e. The van der Waals surface area contributed by atoms with E-state index < -0.39 is 0 Å². The van der Waals surface area contributed by atoms with Crippen molar-refractivity contribution >= 4 is 5.91 Å². The van der Waals surface area contributed by atoms with Crippen molar-refractivity contribution in [3.63, 3.8) is 0 Å². The summed E-state index contributed by atoms with van der Waals surface area (Å²) in [6.45, 7) is 3.67. The molecule has 1 aromatic carbocycles. The second kappa shape index (κ2) is 5.52. The minimum atomic E-state index is -0.202. The zero-order chi connectivity index (χ0) is 14.1. The van der Waals surface area contributed by atoms with E-state index in [2.05, 4.69) is 5.32 Å². The number of likely N-dealkylation sites (tertiary alicyclic amines) is 1. The van der Waals surface area contributed by atoms with Gasteiger partial charge in [0.2, 0.25) is 5.91 Å². The van der Waals surface area contributed by atoms with Crippen molar-refractivity contribution in [2.75, 3.05) is 13.1 Å². The summed E-state index contributed by atoms with van der Waals surface area (Å²) in [6.07, 6.45) is 3.84. The second-order valence-electron chi connectivity index (χ2n) is 5.82. The van der Waals surface area contributed by atoms with E-state index in [1.807, 2.05) is 17.9 Å². The highest BCUT2D eigenvalue weighted by Crippen LogP contribution is 2.33. The van der Waals surface area contributed by atoms with Crippen molar-refractivity contribution < 1.29 is 9.18 Å². The number of hydrogen-bond donors (Lipinski definition) is 1. The SMILES string of the molecule is CC(NC1CCc2c(F)cccc21)C(=O)N1CCCC1. The van der Waals surface area contributed by atoms with Crippen LogP contribution in [0.2, 0.25) is 0 Å². The van der Waals surface area contributed by atoms with Gasteiger partial charge in [-0.3, -0.25) is 10.1 Å². The Morgan fingerprint density at radius 3 is 2.90 bits per heavy atom. The van der Waals surface area contributed by atoms with Gasteiger partial charge < -0.3 is 4.90 Å². The van der Waals surface area contributed by atoms with Gasteiger partial charge >= 0.3 is 0 Å². The van der Waals surface area contributed by atoms with Crippen LogP contribution in [0.1, 0.15) is 43.4 Å². The van der Waals surface area contributed by atoms with Gasteiger partial charge in [-0.1, -0.05) is 12.1 Å². The number of nitrogens with zero attached hydrogens (tertiary/aromatic N) is 1. The monoisotopic (exact) mass is 276 g/mol. The van der Waals surface area contributed by atoms with Crippen LogP contribution in [0.5, 0.6) is 0 Å². The molecule has 0 radical (unpaired) electrons. The van der Waals surface area contributed by atoms with E-state index in [-0.39, 0.29) is 23.8 Å². The molecule has 20 heavy (non-hydrogen) atoms. The first-order valence-electron chi connectivity index (χ1n) is 7.49. The summed E-state index contributed by atoms with van der Waals surface area (Å²) >= 11 is 0. The van der Waals surface area contributed by atoms with E-state index >= 15 is 0 Å². The second-order valence-corrected chi connectivity index (χ2v) is 5.82. The van der Waals surface area contributed by atoms with Crippen LogP contribution < -0.4 is 5.32 Å². The molecule has 1 N–H and O–H groups in total. The lowest BCUT2D eigenvalue weighted by Gasteiger charge is -2.24. The third-order valence-electron chi connectivity index (χ3n) is 4.45. The third-order valence-corrected chi connectivity index (χ3v) is 4.45. The molecule has 1 aromatic rings. The van der Waals surface area contributed by atoms with Gasteiger partial charge in [0, 0.05) is 19.1 Å². The lowest BCUT2D eigenvalue weighted by atomic mass is 10.1. The molecule has 1 amide bonds. The van der Waals surface area contributed by atoms with Crippen molar-refractivity contribution in [3.8, 4) is 0 Å². The fourth-order valence-corrected chi connectivity index (χ4v) is 3.37. The normalized spacial score (nSPS) is 22.9. The van der Waals surface area contributed by atoms with Crippen LogP contribution in [0, 0.1) is 5.82 Å². The van der Waals surface area contributed by atoms with Crippen LogP contribution in [-0.2, 0) is 11.2 Å². The predicted molar refractivity (Wildman–Crippen MR) is 75.9 cm³/mol. The number of carbonyl (C=O) groups excluding carboxylic acids is 1. The Morgan fingerprint density at radius 2 is 2.15 bits per heavy atom. The van der Waals surface area contributed by atoms with E-state index in [1.165, 1.54) is 6.07 Å². The van der Waals surface area contributed by atoms with E-state index in [4.69, 9.17) is 0 Å². The Hall–Kier alpha value is -1.42. The molecule has 3 rings (SSSR count). The Labute approximate surface area is 119 Å². The van der Waals surface area contributed by atoms with Crippen molar-refractivity contribution in [2.45, 2.75) is 44.7 Å². The predicted octanol–water partition coefficient (Wildman–Crippen LogP) is 2.41. The quantitative estimate of drug-likeness (QED) is 0.919. The standard InChI is InChI=1S/C16H21FN2O/c1-11(16(20)19-9-2-3-10-19)18-15-8-7-12-13(15)5-4-6-14(12)17/h4-6,11,15,18H,2-3,7-10H2,1H3. The van der Waals surface area contributed by atoms with E-state index in [0.29, 0.717) is 0 Å². The van der Waals surface area contributed by atoms with Gasteiger partial charge in [-0.25, -0.2) is 4.39 Å². The lowest BCUT2D eigenvalue weighted by Crippen LogP contribution is -2.44. The van der Waals surface area contributed by atoms with Gasteiger partial charge in [0.05, 0.1) is 6.04 Å². The summed E-state index contributed by atoms with van der Waals surface area (Å²) in [4.78, 5) is 14.2. The summed E-state index contributed by atoms with van der Waals surface area (Å²) < 4.78 is 13.7. The Bertz CT molecular complexity index is 511. The Morgan fingerprint density at radius 1 is 1.40 bits per heavy atom. The summed E-state index contributed by atoms with van der Waals surface area (Å²) in [6, 6.07) is 5.13. The van der Waals surface area contributed by atoms with Crippen LogP contribution in [0.3, 0.4) is 0 Å². The first kappa shape index (κ1) is 13.6. The van der Waals surface area contributed by atoms with Gasteiger partial charge in [-0.2, -0.15) is 0 Å². The molecule has 1 saturated heterocycles. The number of fused-ring (bicyclic) bond motifs is 1. The van der Waals surface area contributed by atoms with Crippen LogP contribution in [0.15, 0.2) is 18.2 Å². The highest BCUT2D eigenvalue weighted by atomic mass is 19.1. The van der Waals surface area contributed by atoms with E-state index in [9.17, 15) is 9.18 Å². The molecule has 2 atom stereocenters. The highest BCUT2D eigenvalue weighted by molar-refractivity contribution is 5.81. The molecule has 108 valence electrons. The molecule has 0 spiro atoms. The molecular formula is C16H21FN2O. The van der Waals surface area contributed by atoms with E-state index in [0.717, 1.165) is 49.9 Å². The first-order chi connectivity index (χ1) is 9.66. The number of hydrogen-bond acceptors (Lipinski definition) is 2. The van der Waals surface area contributed by atoms with Crippen molar-refractivity contribution in [1.29, 1.82) is 0 Å². The average Bonchev–Trinajstić information content (AvgIpc) is 3.08. The van der Waals surface area contributed by atoms with Gasteiger partial charge in [0.25, 0.3) is 0 Å². The Balaban J connectivity index is 1.67. The zero-order valence-corrected chi connectivity index (χ0v) is 11.9. The zero-order valence-electron chi connectivity index (χ0n) is 11.9. The maximum Gasteiger partial charge on any atom is 0.239 e. The van der Waals surface area contributed by atoms with Gasteiger partial charge in [-0.15, -0.1) is 0 Å². The molecule has 0 bridgehead atoms. The van der Waals surface area contributed by atoms with Crippen LogP contribution in [0.4, 0.5) is 4.39 Å². The molecule has 3 nitrogen and oxygen atoms in total. The number of carbonyl (C=O) groups is 1. The smallest absolute Gasteiger partial charge is 0.239 e. The molecule has 0 aromatic heterocycles. The molecule has 1 fully saturated rings. The third kappa shape index (κ3) is 2.44. The molecule has 1 aliphatic heterocycles. The fourth-order valence-electron chi connectivity index (χ4n) is 3.37. The molecule has 1 aliphatic carbocycles. The minimum Gasteiger partial charge on any atom is -0.341 e. The van der Waals surface area contributed by atoms with Crippen LogP contribution in [-0.4, -0.2) is 29.9 Å². The number of nitrogens with one attached hydrogen (secondary N) is 1. The maximum atomic E-state index is 13.7. The summed E-state index contributed by atoms with van der Waals surface area (Å²) in [5, 5.41) is 3.38. The summed E-state index contributed by atoms with van der Waals surface area (Å²) in [5.41, 5.74) is 1.83. The number of benzene rings is 1. The first-order valence-corrected chi connectivity index (χ1v) is 7.49. The number of amides is 1. The van der Waals surface area contributed by atoms with Crippen molar-refractivity contribution in [3.05, 3.63) is 35.1 Å². The minimum absolute atomic E-state index is 0.0993. The molecule has 1 heterocycles. The van der Waals surface area contributed by atoms with E-state index in [1.54, 1.807) is 6.07 Å². The van der Waals surface area contributed by atoms with Gasteiger partial charge in [0.15, 0.2) is 0 Å². The summed E-state index contributed by atoms with van der Waals surface area (Å²) in [5.74, 6) is 0.0534.